The van der Waals surface area contributed by atoms with Crippen LogP contribution in [0, 0.1) is 0 Å². The van der Waals surface area contributed by atoms with Gasteiger partial charge in [-0.05, 0) is 26.3 Å². The summed E-state index contributed by atoms with van der Waals surface area (Å²) in [6.07, 6.45) is 9.35. The molecule has 0 saturated carbocycles. The topological polar surface area (TPSA) is 32.3 Å². The van der Waals surface area contributed by atoms with Crippen molar-refractivity contribution in [3.05, 3.63) is 18.6 Å². The van der Waals surface area contributed by atoms with Crippen molar-refractivity contribution in [2.45, 2.75) is 31.3 Å². The van der Waals surface area contributed by atoms with Crippen molar-refractivity contribution >= 4 is 5.82 Å². The van der Waals surface area contributed by atoms with Crippen molar-refractivity contribution in [1.29, 1.82) is 0 Å². The molecule has 2 bridgehead atoms. The molecule has 2 fully saturated rings. The fraction of sp³-hybridized carbons (Fsp3) is 0.667. The van der Waals surface area contributed by atoms with Gasteiger partial charge in [0.05, 0.1) is 6.20 Å². The molecule has 4 heteroatoms. The Hall–Kier alpha value is -1.16. The van der Waals surface area contributed by atoms with Crippen LogP contribution in [0.25, 0.3) is 0 Å². The van der Waals surface area contributed by atoms with Gasteiger partial charge in [-0.2, -0.15) is 0 Å². The molecule has 0 radical (unpaired) electrons. The first-order chi connectivity index (χ1) is 7.84. The van der Waals surface area contributed by atoms with E-state index in [9.17, 15) is 0 Å². The van der Waals surface area contributed by atoms with Gasteiger partial charge in [-0.15, -0.1) is 0 Å². The van der Waals surface area contributed by atoms with Crippen LogP contribution >= 0.6 is 0 Å². The molecular formula is C12H18N4. The van der Waals surface area contributed by atoms with E-state index in [2.05, 4.69) is 26.8 Å². The molecule has 2 saturated heterocycles. The van der Waals surface area contributed by atoms with Crippen LogP contribution in [0.3, 0.4) is 0 Å². The lowest BCUT2D eigenvalue weighted by Gasteiger charge is -2.26. The van der Waals surface area contributed by atoms with Crippen LogP contribution in [0.2, 0.25) is 0 Å². The minimum absolute atomic E-state index is 0.703. The lowest BCUT2D eigenvalue weighted by molar-refractivity contribution is 0.254. The maximum atomic E-state index is 4.40. The minimum Gasteiger partial charge on any atom is -0.354 e. The fourth-order valence-electron chi connectivity index (χ4n) is 2.97. The number of nitrogens with zero attached hydrogens (tertiary/aromatic N) is 4. The normalized spacial score (nSPS) is 30.4. The van der Waals surface area contributed by atoms with Gasteiger partial charge >= 0.3 is 0 Å². The molecule has 16 heavy (non-hydrogen) atoms. The van der Waals surface area contributed by atoms with Gasteiger partial charge in [0.1, 0.15) is 5.82 Å². The summed E-state index contributed by atoms with van der Waals surface area (Å²) in [5, 5.41) is 0. The van der Waals surface area contributed by atoms with E-state index in [1.54, 1.807) is 12.4 Å². The van der Waals surface area contributed by atoms with E-state index in [1.165, 1.54) is 19.3 Å². The largest absolute Gasteiger partial charge is 0.354 e. The summed E-state index contributed by atoms with van der Waals surface area (Å²) < 4.78 is 0. The second-order valence-electron chi connectivity index (χ2n) is 4.85. The first-order valence-corrected chi connectivity index (χ1v) is 6.07. The molecule has 0 amide bonds. The van der Waals surface area contributed by atoms with Gasteiger partial charge in [-0.3, -0.25) is 9.88 Å². The second-order valence-corrected chi connectivity index (χ2v) is 4.85. The molecule has 1 aromatic rings. The van der Waals surface area contributed by atoms with E-state index in [1.807, 2.05) is 6.20 Å². The number of hydrogen-bond donors (Lipinski definition) is 0. The minimum atomic E-state index is 0.703. The Balaban J connectivity index is 1.79. The molecule has 0 N–H and O–H groups in total. The molecule has 0 spiro atoms. The van der Waals surface area contributed by atoms with Gasteiger partial charge in [0.15, 0.2) is 0 Å². The van der Waals surface area contributed by atoms with Gasteiger partial charge in [0.25, 0.3) is 0 Å². The third kappa shape index (κ3) is 1.67. The molecule has 2 aliphatic heterocycles. The lowest BCUT2D eigenvalue weighted by Crippen LogP contribution is -2.36. The number of anilines is 1. The van der Waals surface area contributed by atoms with E-state index in [0.29, 0.717) is 6.04 Å². The monoisotopic (exact) mass is 218 g/mol. The van der Waals surface area contributed by atoms with E-state index >= 15 is 0 Å². The third-order valence-electron chi connectivity index (χ3n) is 4.02. The number of aromatic nitrogens is 2. The van der Waals surface area contributed by atoms with E-state index in [0.717, 1.165) is 24.9 Å². The van der Waals surface area contributed by atoms with Crippen LogP contribution in [0.5, 0.6) is 0 Å². The van der Waals surface area contributed by atoms with Crippen LogP contribution in [0.4, 0.5) is 5.82 Å². The Morgan fingerprint density at radius 1 is 1.19 bits per heavy atom. The molecule has 2 aliphatic rings. The van der Waals surface area contributed by atoms with Crippen molar-refractivity contribution in [3.63, 3.8) is 0 Å². The van der Waals surface area contributed by atoms with Crippen LogP contribution in [-0.2, 0) is 0 Å². The molecule has 0 aliphatic carbocycles. The van der Waals surface area contributed by atoms with Gasteiger partial charge in [0, 0.05) is 37.6 Å². The summed E-state index contributed by atoms with van der Waals surface area (Å²) in [6, 6.07) is 1.49. The van der Waals surface area contributed by atoms with Crippen LogP contribution in [0.1, 0.15) is 19.3 Å². The highest BCUT2D eigenvalue weighted by atomic mass is 15.3. The molecule has 1 aromatic heterocycles. The highest BCUT2D eigenvalue weighted by Gasteiger charge is 2.34. The molecule has 86 valence electrons. The number of fused-ring (bicyclic) bond motifs is 2. The average molecular weight is 218 g/mol. The molecule has 0 aromatic carbocycles. The first kappa shape index (κ1) is 10.0. The fourth-order valence-corrected chi connectivity index (χ4v) is 2.97. The lowest BCUT2D eigenvalue weighted by atomic mass is 10.1. The zero-order valence-electron chi connectivity index (χ0n) is 9.71. The SMILES string of the molecule is CN1[C@H]2CC[C@@H]1CN(c1cnccn1)CC2. The number of likely N-dealkylation sites (N-methyl/N-ethyl adjacent to an activating group) is 1. The van der Waals surface area contributed by atoms with Crippen molar-refractivity contribution in [2.75, 3.05) is 25.0 Å². The Morgan fingerprint density at radius 2 is 2.06 bits per heavy atom. The van der Waals surface area contributed by atoms with E-state index in [4.69, 9.17) is 0 Å². The molecule has 2 atom stereocenters. The second kappa shape index (κ2) is 4.01. The highest BCUT2D eigenvalue weighted by Crippen LogP contribution is 2.29. The predicted octanol–water partition coefficient (Wildman–Crippen LogP) is 1.15. The van der Waals surface area contributed by atoms with Crippen molar-refractivity contribution < 1.29 is 0 Å². The van der Waals surface area contributed by atoms with Gasteiger partial charge < -0.3 is 4.90 Å². The van der Waals surface area contributed by atoms with Gasteiger partial charge in [-0.1, -0.05) is 0 Å². The van der Waals surface area contributed by atoms with Crippen LogP contribution < -0.4 is 4.90 Å². The summed E-state index contributed by atoms with van der Waals surface area (Å²) >= 11 is 0. The molecule has 4 nitrogen and oxygen atoms in total. The quantitative estimate of drug-likeness (QED) is 0.708. The Labute approximate surface area is 96.3 Å². The summed E-state index contributed by atoms with van der Waals surface area (Å²) in [7, 11) is 2.27. The summed E-state index contributed by atoms with van der Waals surface area (Å²) in [5.41, 5.74) is 0. The standard InChI is InChI=1S/C12H18N4/c1-15-10-2-3-11(15)9-16(7-4-10)12-8-13-5-6-14-12/h5-6,8,10-11H,2-4,7,9H2,1H3/t10-,11+/m0/s1. The third-order valence-corrected chi connectivity index (χ3v) is 4.02. The zero-order chi connectivity index (χ0) is 11.0. The van der Waals surface area contributed by atoms with Crippen LogP contribution in [-0.4, -0.2) is 47.1 Å². The summed E-state index contributed by atoms with van der Waals surface area (Å²) in [5.74, 6) is 1.03. The molecular weight excluding hydrogens is 200 g/mol. The highest BCUT2D eigenvalue weighted by molar-refractivity contribution is 5.36. The van der Waals surface area contributed by atoms with Crippen LogP contribution in [0.15, 0.2) is 18.6 Å². The van der Waals surface area contributed by atoms with Gasteiger partial charge in [0.2, 0.25) is 0 Å². The number of hydrogen-bond acceptors (Lipinski definition) is 4. The molecule has 3 heterocycles. The molecule has 3 rings (SSSR count). The van der Waals surface area contributed by atoms with Crippen molar-refractivity contribution in [3.8, 4) is 0 Å². The summed E-state index contributed by atoms with van der Waals surface area (Å²) in [4.78, 5) is 13.5. The summed E-state index contributed by atoms with van der Waals surface area (Å²) in [6.45, 7) is 2.22. The Bertz CT molecular complexity index is 353. The van der Waals surface area contributed by atoms with Crippen molar-refractivity contribution in [1.82, 2.24) is 14.9 Å². The Morgan fingerprint density at radius 3 is 2.88 bits per heavy atom. The van der Waals surface area contributed by atoms with Gasteiger partial charge in [-0.25, -0.2) is 4.98 Å². The van der Waals surface area contributed by atoms with E-state index < -0.39 is 0 Å². The zero-order valence-corrected chi connectivity index (χ0v) is 9.71. The number of rotatable bonds is 1. The average Bonchev–Trinajstić information content (AvgIpc) is 2.54. The van der Waals surface area contributed by atoms with E-state index in [-0.39, 0.29) is 0 Å². The smallest absolute Gasteiger partial charge is 0.147 e. The Kier molecular flexibility index (Phi) is 2.52. The molecule has 0 unspecified atom stereocenters. The first-order valence-electron chi connectivity index (χ1n) is 6.07. The predicted molar refractivity (Wildman–Crippen MR) is 63.4 cm³/mol. The van der Waals surface area contributed by atoms with Crippen molar-refractivity contribution in [2.24, 2.45) is 0 Å². The maximum Gasteiger partial charge on any atom is 0.147 e. The maximum absolute atomic E-state index is 4.40.